The third-order valence-electron chi connectivity index (χ3n) is 4.16. The highest BCUT2D eigenvalue weighted by Gasteiger charge is 2.13. The van der Waals surface area contributed by atoms with Crippen molar-refractivity contribution in [3.05, 3.63) is 47.7 Å². The SMILES string of the molecule is CC(NC(=O)/C(C#N)=C\NCCCN1CCOCC1)c1ccccc1. The first-order valence-electron chi connectivity index (χ1n) is 8.70. The summed E-state index contributed by atoms with van der Waals surface area (Å²) in [5.74, 6) is -0.362. The number of morpholine rings is 1. The van der Waals surface area contributed by atoms with Crippen LogP contribution in [0.3, 0.4) is 0 Å². The lowest BCUT2D eigenvalue weighted by atomic mass is 10.1. The summed E-state index contributed by atoms with van der Waals surface area (Å²) in [7, 11) is 0. The zero-order chi connectivity index (χ0) is 17.9. The predicted molar refractivity (Wildman–Crippen MR) is 96.6 cm³/mol. The van der Waals surface area contributed by atoms with Crippen LogP contribution in [0.15, 0.2) is 42.1 Å². The fraction of sp³-hybridized carbons (Fsp3) is 0.474. The van der Waals surface area contributed by atoms with Gasteiger partial charge in [0, 0.05) is 25.8 Å². The molecule has 0 radical (unpaired) electrons. The molecule has 1 aromatic rings. The number of carbonyl (C=O) groups is 1. The molecule has 2 rings (SSSR count). The minimum atomic E-state index is -0.362. The number of ether oxygens (including phenoxy) is 1. The maximum absolute atomic E-state index is 12.2. The van der Waals surface area contributed by atoms with Gasteiger partial charge >= 0.3 is 0 Å². The Kier molecular flexibility index (Phi) is 7.96. The maximum atomic E-state index is 12.2. The summed E-state index contributed by atoms with van der Waals surface area (Å²) in [6, 6.07) is 11.5. The van der Waals surface area contributed by atoms with Crippen LogP contribution in [0.2, 0.25) is 0 Å². The molecule has 1 fully saturated rings. The molecule has 0 aliphatic carbocycles. The summed E-state index contributed by atoms with van der Waals surface area (Å²) in [6.07, 6.45) is 2.46. The molecular formula is C19H26N4O2. The Bertz CT molecular complexity index is 604. The fourth-order valence-corrected chi connectivity index (χ4v) is 2.65. The van der Waals surface area contributed by atoms with Crippen molar-refractivity contribution in [2.24, 2.45) is 0 Å². The van der Waals surface area contributed by atoms with E-state index < -0.39 is 0 Å². The van der Waals surface area contributed by atoms with Crippen molar-refractivity contribution in [2.75, 3.05) is 39.4 Å². The summed E-state index contributed by atoms with van der Waals surface area (Å²) >= 11 is 0. The van der Waals surface area contributed by atoms with E-state index in [1.165, 1.54) is 6.20 Å². The van der Waals surface area contributed by atoms with Crippen molar-refractivity contribution in [1.82, 2.24) is 15.5 Å². The lowest BCUT2D eigenvalue weighted by Gasteiger charge is -2.26. The molecule has 1 atom stereocenters. The van der Waals surface area contributed by atoms with Crippen molar-refractivity contribution in [1.29, 1.82) is 5.26 Å². The van der Waals surface area contributed by atoms with Crippen LogP contribution < -0.4 is 10.6 Å². The Balaban J connectivity index is 1.73. The van der Waals surface area contributed by atoms with Gasteiger partial charge in [-0.2, -0.15) is 5.26 Å². The van der Waals surface area contributed by atoms with E-state index in [2.05, 4.69) is 15.5 Å². The minimum absolute atomic E-state index is 0.0918. The van der Waals surface area contributed by atoms with E-state index in [0.29, 0.717) is 0 Å². The molecular weight excluding hydrogens is 316 g/mol. The van der Waals surface area contributed by atoms with Gasteiger partial charge in [0.15, 0.2) is 0 Å². The van der Waals surface area contributed by atoms with Gasteiger partial charge in [0.25, 0.3) is 5.91 Å². The van der Waals surface area contributed by atoms with Gasteiger partial charge in [0.1, 0.15) is 11.6 Å². The monoisotopic (exact) mass is 342 g/mol. The number of rotatable bonds is 8. The van der Waals surface area contributed by atoms with Gasteiger partial charge in [-0.05, 0) is 25.5 Å². The number of hydrogen-bond donors (Lipinski definition) is 2. The van der Waals surface area contributed by atoms with E-state index in [4.69, 9.17) is 4.74 Å². The van der Waals surface area contributed by atoms with Crippen LogP contribution in [0.1, 0.15) is 24.9 Å². The zero-order valence-corrected chi connectivity index (χ0v) is 14.7. The Morgan fingerprint density at radius 1 is 1.36 bits per heavy atom. The lowest BCUT2D eigenvalue weighted by molar-refractivity contribution is -0.117. The number of nitrogens with one attached hydrogen (secondary N) is 2. The van der Waals surface area contributed by atoms with Crippen LogP contribution in [0.5, 0.6) is 0 Å². The first-order chi connectivity index (χ1) is 12.2. The second-order valence-corrected chi connectivity index (χ2v) is 6.04. The first kappa shape index (κ1) is 19.0. The predicted octanol–water partition coefficient (Wildman–Crippen LogP) is 1.58. The van der Waals surface area contributed by atoms with E-state index in [1.54, 1.807) is 0 Å². The van der Waals surface area contributed by atoms with E-state index in [9.17, 15) is 10.1 Å². The second-order valence-electron chi connectivity index (χ2n) is 6.04. The van der Waals surface area contributed by atoms with Crippen molar-refractivity contribution in [3.63, 3.8) is 0 Å². The highest BCUT2D eigenvalue weighted by molar-refractivity contribution is 5.97. The van der Waals surface area contributed by atoms with Gasteiger partial charge < -0.3 is 15.4 Å². The van der Waals surface area contributed by atoms with E-state index >= 15 is 0 Å². The summed E-state index contributed by atoms with van der Waals surface area (Å²) < 4.78 is 5.32. The number of nitrogens with zero attached hydrogens (tertiary/aromatic N) is 2. The van der Waals surface area contributed by atoms with Gasteiger partial charge in [0.2, 0.25) is 0 Å². The summed E-state index contributed by atoms with van der Waals surface area (Å²) in [5.41, 5.74) is 1.10. The van der Waals surface area contributed by atoms with Crippen LogP contribution in [-0.2, 0) is 9.53 Å². The molecule has 2 N–H and O–H groups in total. The molecule has 0 bridgehead atoms. The summed E-state index contributed by atoms with van der Waals surface area (Å²) in [6.45, 7) is 7.15. The maximum Gasteiger partial charge on any atom is 0.263 e. The topological polar surface area (TPSA) is 77.4 Å². The van der Waals surface area contributed by atoms with Crippen molar-refractivity contribution in [3.8, 4) is 6.07 Å². The highest BCUT2D eigenvalue weighted by atomic mass is 16.5. The molecule has 1 saturated heterocycles. The molecule has 0 saturated carbocycles. The molecule has 6 nitrogen and oxygen atoms in total. The largest absolute Gasteiger partial charge is 0.390 e. The van der Waals surface area contributed by atoms with Crippen molar-refractivity contribution in [2.45, 2.75) is 19.4 Å². The zero-order valence-electron chi connectivity index (χ0n) is 14.7. The standard InChI is InChI=1S/C19H26N4O2/c1-16(17-6-3-2-4-7-17)22-19(24)18(14-20)15-21-8-5-9-23-10-12-25-13-11-23/h2-4,6-7,15-16,21H,5,8-13H2,1H3,(H,22,24)/b18-15-. The van der Waals surface area contributed by atoms with E-state index in [-0.39, 0.29) is 17.5 Å². The number of nitriles is 1. The molecule has 0 spiro atoms. The molecule has 1 aromatic carbocycles. The van der Waals surface area contributed by atoms with Crippen LogP contribution in [0.25, 0.3) is 0 Å². The molecule has 1 aliphatic heterocycles. The summed E-state index contributed by atoms with van der Waals surface area (Å²) in [5, 5.41) is 15.1. The smallest absolute Gasteiger partial charge is 0.263 e. The van der Waals surface area contributed by atoms with Gasteiger partial charge in [-0.1, -0.05) is 30.3 Å². The Labute approximate surface area is 149 Å². The lowest BCUT2D eigenvalue weighted by Crippen LogP contribution is -2.37. The molecule has 1 aliphatic rings. The minimum Gasteiger partial charge on any atom is -0.390 e. The van der Waals surface area contributed by atoms with Crippen LogP contribution in [0.4, 0.5) is 0 Å². The number of benzene rings is 1. The van der Waals surface area contributed by atoms with Crippen LogP contribution in [0, 0.1) is 11.3 Å². The van der Waals surface area contributed by atoms with E-state index in [0.717, 1.165) is 51.4 Å². The second kappa shape index (κ2) is 10.5. The average Bonchev–Trinajstić information content (AvgIpc) is 2.66. The van der Waals surface area contributed by atoms with Crippen LogP contribution >= 0.6 is 0 Å². The quantitative estimate of drug-likeness (QED) is 0.426. The van der Waals surface area contributed by atoms with Gasteiger partial charge in [-0.15, -0.1) is 0 Å². The van der Waals surface area contributed by atoms with Crippen molar-refractivity contribution < 1.29 is 9.53 Å². The Morgan fingerprint density at radius 3 is 2.76 bits per heavy atom. The van der Waals surface area contributed by atoms with E-state index in [1.807, 2.05) is 43.3 Å². The molecule has 1 heterocycles. The van der Waals surface area contributed by atoms with Crippen LogP contribution in [-0.4, -0.2) is 50.2 Å². The molecule has 0 aromatic heterocycles. The summed E-state index contributed by atoms with van der Waals surface area (Å²) in [4.78, 5) is 14.6. The average molecular weight is 342 g/mol. The third-order valence-corrected chi connectivity index (χ3v) is 4.16. The highest BCUT2D eigenvalue weighted by Crippen LogP contribution is 2.11. The molecule has 25 heavy (non-hydrogen) atoms. The molecule has 6 heteroatoms. The number of hydrogen-bond acceptors (Lipinski definition) is 5. The number of carbonyl (C=O) groups excluding carboxylic acids is 1. The number of amides is 1. The third kappa shape index (κ3) is 6.57. The molecule has 1 unspecified atom stereocenters. The van der Waals surface area contributed by atoms with Gasteiger partial charge in [-0.3, -0.25) is 9.69 Å². The fourth-order valence-electron chi connectivity index (χ4n) is 2.65. The van der Waals surface area contributed by atoms with Crippen molar-refractivity contribution >= 4 is 5.91 Å². The molecule has 134 valence electrons. The van der Waals surface area contributed by atoms with Gasteiger partial charge in [0.05, 0.1) is 19.3 Å². The molecule has 1 amide bonds. The normalized spacial score (nSPS) is 16.7. The first-order valence-corrected chi connectivity index (χ1v) is 8.70. The van der Waals surface area contributed by atoms with Gasteiger partial charge in [-0.25, -0.2) is 0 Å². The Hall–Kier alpha value is -2.36. The Morgan fingerprint density at radius 2 is 2.08 bits per heavy atom.